The van der Waals surface area contributed by atoms with Crippen LogP contribution in [0.3, 0.4) is 0 Å². The highest BCUT2D eigenvalue weighted by Gasteiger charge is 2.18. The van der Waals surface area contributed by atoms with Gasteiger partial charge in [-0.2, -0.15) is 0 Å². The summed E-state index contributed by atoms with van der Waals surface area (Å²) in [6.45, 7) is 0.820. The summed E-state index contributed by atoms with van der Waals surface area (Å²) in [5.74, 6) is -0.820. The van der Waals surface area contributed by atoms with Crippen molar-refractivity contribution in [3.63, 3.8) is 0 Å². The third-order valence-electron chi connectivity index (χ3n) is 4.57. The maximum Gasteiger partial charge on any atom is 0.327 e. The molecular formula is C23H24N2O2. The smallest absolute Gasteiger partial charge is 0.327 e. The van der Waals surface area contributed by atoms with Crippen LogP contribution in [0.15, 0.2) is 85.2 Å². The van der Waals surface area contributed by atoms with E-state index in [0.717, 1.165) is 17.7 Å². The number of benzene rings is 2. The molecular weight excluding hydrogens is 336 g/mol. The van der Waals surface area contributed by atoms with Gasteiger partial charge < -0.3 is 14.6 Å². The van der Waals surface area contributed by atoms with Gasteiger partial charge in [-0.05, 0) is 35.4 Å². The molecule has 1 atom stereocenters. The van der Waals surface area contributed by atoms with Gasteiger partial charge in [-0.1, -0.05) is 54.6 Å². The number of anilines is 1. The molecule has 2 aromatic carbocycles. The highest BCUT2D eigenvalue weighted by molar-refractivity contribution is 5.72. The molecule has 3 aromatic rings. The van der Waals surface area contributed by atoms with Gasteiger partial charge in [-0.3, -0.25) is 0 Å². The van der Waals surface area contributed by atoms with Crippen LogP contribution in [0.2, 0.25) is 0 Å². The summed E-state index contributed by atoms with van der Waals surface area (Å²) in [6.07, 6.45) is 8.26. The molecule has 138 valence electrons. The lowest BCUT2D eigenvalue weighted by atomic mass is 10.0. The first-order chi connectivity index (χ1) is 13.1. The molecule has 1 aromatic heterocycles. The minimum Gasteiger partial charge on any atom is -0.480 e. The molecule has 0 saturated heterocycles. The maximum absolute atomic E-state index is 11.6. The Morgan fingerprint density at radius 1 is 1.04 bits per heavy atom. The minimum absolute atomic E-state index is 0.463. The van der Waals surface area contributed by atoms with Crippen LogP contribution < -0.4 is 4.90 Å². The molecule has 0 spiro atoms. The number of aliphatic carboxylic acids is 1. The van der Waals surface area contributed by atoms with Crippen LogP contribution in [0.25, 0.3) is 6.08 Å². The fourth-order valence-electron chi connectivity index (χ4n) is 3.00. The lowest BCUT2D eigenvalue weighted by molar-refractivity contribution is -0.140. The van der Waals surface area contributed by atoms with E-state index in [2.05, 4.69) is 36.2 Å². The van der Waals surface area contributed by atoms with Crippen molar-refractivity contribution >= 4 is 17.7 Å². The maximum atomic E-state index is 11.6. The van der Waals surface area contributed by atoms with E-state index in [9.17, 15) is 9.90 Å². The van der Waals surface area contributed by atoms with E-state index in [0.29, 0.717) is 6.42 Å². The predicted molar refractivity (Wildman–Crippen MR) is 110 cm³/mol. The fraction of sp³-hybridized carbons (Fsp3) is 0.174. The van der Waals surface area contributed by atoms with Crippen LogP contribution in [-0.2, 0) is 11.2 Å². The van der Waals surface area contributed by atoms with Crippen molar-refractivity contribution in [2.45, 2.75) is 12.5 Å². The van der Waals surface area contributed by atoms with Crippen molar-refractivity contribution < 1.29 is 9.90 Å². The van der Waals surface area contributed by atoms with Gasteiger partial charge >= 0.3 is 5.97 Å². The summed E-state index contributed by atoms with van der Waals surface area (Å²) in [5, 5.41) is 9.49. The monoisotopic (exact) mass is 360 g/mol. The zero-order valence-corrected chi connectivity index (χ0v) is 15.4. The Labute approximate surface area is 160 Å². The summed E-state index contributed by atoms with van der Waals surface area (Å²) in [6, 6.07) is 21.4. The van der Waals surface area contributed by atoms with Crippen molar-refractivity contribution in [1.29, 1.82) is 0 Å². The molecule has 0 fully saturated rings. The predicted octanol–water partition coefficient (Wildman–Crippen LogP) is 4.51. The number of likely N-dealkylation sites (N-methyl/N-ethyl adjacent to an activating group) is 1. The number of nitrogens with zero attached hydrogens (tertiary/aromatic N) is 2. The zero-order valence-electron chi connectivity index (χ0n) is 15.4. The molecule has 0 saturated carbocycles. The highest BCUT2D eigenvalue weighted by Crippen LogP contribution is 2.17. The Morgan fingerprint density at radius 2 is 1.70 bits per heavy atom. The first kappa shape index (κ1) is 18.5. The Morgan fingerprint density at radius 3 is 2.33 bits per heavy atom. The van der Waals surface area contributed by atoms with Crippen LogP contribution in [0.5, 0.6) is 0 Å². The SMILES string of the molecule is CN(CC=Cc1ccc(CC(C(=O)O)n2cccc2)cc1)c1ccccc1. The molecule has 0 aliphatic heterocycles. The number of rotatable bonds is 8. The first-order valence-electron chi connectivity index (χ1n) is 9.00. The zero-order chi connectivity index (χ0) is 19.1. The molecule has 3 rings (SSSR count). The molecule has 1 N–H and O–H groups in total. The van der Waals surface area contributed by atoms with Crippen LogP contribution in [0.1, 0.15) is 17.2 Å². The second-order valence-corrected chi connectivity index (χ2v) is 6.55. The number of carbonyl (C=O) groups is 1. The average molecular weight is 360 g/mol. The van der Waals surface area contributed by atoms with E-state index in [4.69, 9.17) is 0 Å². The number of carboxylic acid groups (broad SMARTS) is 1. The van der Waals surface area contributed by atoms with Crippen LogP contribution >= 0.6 is 0 Å². The van der Waals surface area contributed by atoms with Gasteiger partial charge in [0.1, 0.15) is 6.04 Å². The number of para-hydroxylation sites is 1. The third kappa shape index (κ3) is 5.11. The van der Waals surface area contributed by atoms with Gasteiger partial charge in [0.25, 0.3) is 0 Å². The van der Waals surface area contributed by atoms with Crippen molar-refractivity contribution in [1.82, 2.24) is 4.57 Å². The van der Waals surface area contributed by atoms with E-state index in [1.165, 1.54) is 5.69 Å². The molecule has 1 unspecified atom stereocenters. The second-order valence-electron chi connectivity index (χ2n) is 6.55. The van der Waals surface area contributed by atoms with Crippen molar-refractivity contribution in [2.24, 2.45) is 0 Å². The Hall–Kier alpha value is -3.27. The van der Waals surface area contributed by atoms with Gasteiger partial charge in [0.15, 0.2) is 0 Å². The van der Waals surface area contributed by atoms with Gasteiger partial charge in [-0.15, -0.1) is 0 Å². The number of aromatic nitrogens is 1. The first-order valence-corrected chi connectivity index (χ1v) is 9.00. The van der Waals surface area contributed by atoms with E-state index in [-0.39, 0.29) is 0 Å². The largest absolute Gasteiger partial charge is 0.480 e. The molecule has 27 heavy (non-hydrogen) atoms. The molecule has 0 aliphatic carbocycles. The molecule has 1 heterocycles. The van der Waals surface area contributed by atoms with Crippen LogP contribution in [0, 0.1) is 0 Å². The lowest BCUT2D eigenvalue weighted by Crippen LogP contribution is -2.20. The standard InChI is InChI=1S/C23H24N2O2/c1-24(21-9-3-2-4-10-21)15-7-8-19-11-13-20(14-12-19)18-22(23(26)27)25-16-5-6-17-25/h2-14,16-17,22H,15,18H2,1H3,(H,26,27). The summed E-state index contributed by atoms with van der Waals surface area (Å²) in [7, 11) is 2.07. The minimum atomic E-state index is -0.820. The van der Waals surface area contributed by atoms with E-state index in [1.807, 2.05) is 54.6 Å². The molecule has 0 aliphatic rings. The summed E-state index contributed by atoms with van der Waals surface area (Å²) in [5.41, 5.74) is 3.30. The average Bonchev–Trinajstić information content (AvgIpc) is 3.22. The fourth-order valence-corrected chi connectivity index (χ4v) is 3.00. The van der Waals surface area contributed by atoms with Gasteiger partial charge in [0.05, 0.1) is 0 Å². The Bertz CT molecular complexity index is 869. The summed E-state index contributed by atoms with van der Waals surface area (Å²) < 4.78 is 1.73. The normalized spacial score (nSPS) is 12.2. The molecule has 4 heteroatoms. The molecule has 0 bridgehead atoms. The Balaban J connectivity index is 1.59. The van der Waals surface area contributed by atoms with Gasteiger partial charge in [-0.25, -0.2) is 4.79 Å². The van der Waals surface area contributed by atoms with E-state index >= 15 is 0 Å². The van der Waals surface area contributed by atoms with Crippen molar-refractivity contribution in [3.8, 4) is 0 Å². The van der Waals surface area contributed by atoms with Crippen LogP contribution in [-0.4, -0.2) is 29.2 Å². The number of hydrogen-bond donors (Lipinski definition) is 1. The number of carboxylic acids is 1. The highest BCUT2D eigenvalue weighted by atomic mass is 16.4. The topological polar surface area (TPSA) is 45.5 Å². The second kappa shape index (κ2) is 8.90. The molecule has 0 radical (unpaired) electrons. The quantitative estimate of drug-likeness (QED) is 0.643. The van der Waals surface area contributed by atoms with Crippen molar-refractivity contribution in [2.75, 3.05) is 18.5 Å². The van der Waals surface area contributed by atoms with E-state index < -0.39 is 12.0 Å². The number of hydrogen-bond acceptors (Lipinski definition) is 2. The lowest BCUT2D eigenvalue weighted by Gasteiger charge is -2.16. The summed E-state index contributed by atoms with van der Waals surface area (Å²) >= 11 is 0. The Kier molecular flexibility index (Phi) is 6.10. The van der Waals surface area contributed by atoms with Crippen molar-refractivity contribution in [3.05, 3.63) is 96.3 Å². The third-order valence-corrected chi connectivity index (χ3v) is 4.57. The van der Waals surface area contributed by atoms with Gasteiger partial charge in [0.2, 0.25) is 0 Å². The van der Waals surface area contributed by atoms with E-state index in [1.54, 1.807) is 17.0 Å². The summed E-state index contributed by atoms with van der Waals surface area (Å²) in [4.78, 5) is 13.7. The van der Waals surface area contributed by atoms with Crippen LogP contribution in [0.4, 0.5) is 5.69 Å². The molecule has 0 amide bonds. The molecule has 4 nitrogen and oxygen atoms in total. The van der Waals surface area contributed by atoms with Gasteiger partial charge in [0, 0.05) is 38.1 Å².